The Morgan fingerprint density at radius 1 is 1.18 bits per heavy atom. The number of nitrogens with zero attached hydrogens (tertiary/aromatic N) is 7. The van der Waals surface area contributed by atoms with Gasteiger partial charge >= 0.3 is 0 Å². The summed E-state index contributed by atoms with van der Waals surface area (Å²) >= 11 is 6.04. The van der Waals surface area contributed by atoms with Crippen LogP contribution in [-0.4, -0.2) is 65.8 Å². The summed E-state index contributed by atoms with van der Waals surface area (Å²) in [4.78, 5) is 44.2. The Morgan fingerprint density at radius 3 is 2.58 bits per heavy atom. The number of aryl methyl sites for hydroxylation is 1. The summed E-state index contributed by atoms with van der Waals surface area (Å²) in [7, 11) is -2.14. The number of piperazine rings is 1. The number of hydrogen-bond donors (Lipinski definition) is 2. The third-order valence-electron chi connectivity index (χ3n) is 7.61. The second-order valence-electron chi connectivity index (χ2n) is 11.1. The lowest BCUT2D eigenvalue weighted by Gasteiger charge is -2.41. The van der Waals surface area contributed by atoms with E-state index in [-0.39, 0.29) is 28.1 Å². The van der Waals surface area contributed by atoms with Gasteiger partial charge in [-0.25, -0.2) is 28.1 Å². The molecule has 0 aliphatic carbocycles. The van der Waals surface area contributed by atoms with Crippen molar-refractivity contribution in [3.63, 3.8) is 0 Å². The first-order chi connectivity index (χ1) is 21.3. The van der Waals surface area contributed by atoms with Crippen LogP contribution in [0, 0.1) is 18.3 Å². The molecule has 3 aromatic heterocycles. The third-order valence-corrected chi connectivity index (χ3v) is 8.37. The van der Waals surface area contributed by atoms with Crippen LogP contribution in [0.25, 0.3) is 10.9 Å². The number of hydrogen-bond acceptors (Lipinski definition) is 11. The minimum Gasteiger partial charge on any atom is -0.377 e. The smallest absolute Gasteiger partial charge is 0.285 e. The molecule has 234 valence electrons. The van der Waals surface area contributed by atoms with E-state index >= 15 is 0 Å². The third kappa shape index (κ3) is 6.69. The molecule has 1 fully saturated rings. The van der Waals surface area contributed by atoms with Crippen LogP contribution in [0.5, 0.6) is 0 Å². The average molecular weight is 650 g/mol. The molecular weight excluding hydrogens is 618 g/mol. The number of benzene rings is 1. The minimum absolute atomic E-state index is 0.0203. The lowest BCUT2D eigenvalue weighted by molar-refractivity contribution is 0.0977. The maximum absolute atomic E-state index is 13.7. The SMILES string of the molecule is Cc1cc([C@@H](C)Nc2ccc(Cl)nc2C(=O)NS(C)(=O)=O)c2nc(N3CCN(c4ccc(C#N)cn4)[C@H](C)C3)n(C)c(=O)c2c1. The highest BCUT2D eigenvalue weighted by molar-refractivity contribution is 7.89. The number of amides is 1. The van der Waals surface area contributed by atoms with E-state index in [4.69, 9.17) is 21.8 Å². The molecule has 4 heterocycles. The molecule has 0 bridgehead atoms. The van der Waals surface area contributed by atoms with E-state index in [2.05, 4.69) is 38.1 Å². The first-order valence-corrected chi connectivity index (χ1v) is 16.4. The molecule has 1 aromatic carbocycles. The monoisotopic (exact) mass is 649 g/mol. The van der Waals surface area contributed by atoms with Crippen LogP contribution in [-0.2, 0) is 17.1 Å². The van der Waals surface area contributed by atoms with Crippen molar-refractivity contribution in [2.75, 3.05) is 41.0 Å². The fraction of sp³-hybridized carbons (Fsp3) is 0.333. The Balaban J connectivity index is 1.49. The standard InChI is InChI=1S/C30H32ClN9O4S/c1-17-12-21(19(3)34-23-7-8-24(31)35-27(23)28(41)37-45(5,43)44)26-22(13-17)29(42)38(4)30(36-26)39-10-11-40(18(2)16-39)25-9-6-20(14-32)15-33-25/h6-9,12-13,15,18-19,34H,10-11,16H2,1-5H3,(H,37,41)/t18-,19-/m1/s1. The number of nitriles is 1. The van der Waals surface area contributed by atoms with Crippen LogP contribution in [0.3, 0.4) is 0 Å². The highest BCUT2D eigenvalue weighted by atomic mass is 35.5. The molecule has 2 atom stereocenters. The van der Waals surface area contributed by atoms with E-state index in [1.807, 2.05) is 30.7 Å². The fourth-order valence-corrected chi connectivity index (χ4v) is 6.09. The molecule has 1 aliphatic rings. The van der Waals surface area contributed by atoms with E-state index < -0.39 is 22.0 Å². The second kappa shape index (κ2) is 12.3. The Kier molecular flexibility index (Phi) is 8.68. The molecular formula is C30H32ClN9O4S. The van der Waals surface area contributed by atoms with E-state index in [0.717, 1.165) is 17.6 Å². The predicted molar refractivity (Wildman–Crippen MR) is 173 cm³/mol. The van der Waals surface area contributed by atoms with Crippen LogP contribution in [0.2, 0.25) is 5.15 Å². The Morgan fingerprint density at radius 2 is 1.93 bits per heavy atom. The quantitative estimate of drug-likeness (QED) is 0.282. The number of anilines is 3. The zero-order valence-electron chi connectivity index (χ0n) is 25.4. The van der Waals surface area contributed by atoms with Gasteiger partial charge in [-0.2, -0.15) is 5.26 Å². The fourth-order valence-electron chi connectivity index (χ4n) is 5.51. The van der Waals surface area contributed by atoms with Gasteiger partial charge in [-0.1, -0.05) is 17.7 Å². The van der Waals surface area contributed by atoms with Crippen molar-refractivity contribution < 1.29 is 13.2 Å². The lowest BCUT2D eigenvalue weighted by Crippen LogP contribution is -2.53. The summed E-state index contributed by atoms with van der Waals surface area (Å²) in [6.45, 7) is 7.61. The summed E-state index contributed by atoms with van der Waals surface area (Å²) < 4.78 is 26.9. The van der Waals surface area contributed by atoms with Gasteiger partial charge in [0, 0.05) is 44.5 Å². The van der Waals surface area contributed by atoms with Gasteiger partial charge in [-0.15, -0.1) is 0 Å². The van der Waals surface area contributed by atoms with Gasteiger partial charge in [0.1, 0.15) is 17.0 Å². The Bertz CT molecular complexity index is 2010. The zero-order valence-corrected chi connectivity index (χ0v) is 26.9. The molecule has 0 unspecified atom stereocenters. The Labute approximate surface area is 265 Å². The summed E-state index contributed by atoms with van der Waals surface area (Å²) in [6, 6.07) is 12.0. The van der Waals surface area contributed by atoms with Crippen LogP contribution in [0.15, 0.2) is 47.4 Å². The predicted octanol–water partition coefficient (Wildman–Crippen LogP) is 3.13. The lowest BCUT2D eigenvalue weighted by atomic mass is 10.0. The van der Waals surface area contributed by atoms with Crippen molar-refractivity contribution in [1.82, 2.24) is 24.2 Å². The molecule has 45 heavy (non-hydrogen) atoms. The maximum Gasteiger partial charge on any atom is 0.285 e. The minimum atomic E-state index is -3.85. The number of pyridine rings is 2. The van der Waals surface area contributed by atoms with Crippen molar-refractivity contribution in [2.45, 2.75) is 32.9 Å². The number of rotatable bonds is 7. The van der Waals surface area contributed by atoms with Crippen molar-refractivity contribution in [3.8, 4) is 6.07 Å². The van der Waals surface area contributed by atoms with E-state index in [0.29, 0.717) is 47.6 Å². The molecule has 5 rings (SSSR count). The Hall–Kier alpha value is -4.74. The van der Waals surface area contributed by atoms with Gasteiger partial charge in [-0.3, -0.25) is 14.2 Å². The molecule has 0 saturated carbocycles. The average Bonchev–Trinajstić information content (AvgIpc) is 2.99. The summed E-state index contributed by atoms with van der Waals surface area (Å²) in [5.74, 6) is 0.369. The molecule has 1 amide bonds. The number of fused-ring (bicyclic) bond motifs is 1. The van der Waals surface area contributed by atoms with Crippen molar-refractivity contribution in [2.24, 2.45) is 7.05 Å². The largest absolute Gasteiger partial charge is 0.377 e. The van der Waals surface area contributed by atoms with Gasteiger partial charge in [0.25, 0.3) is 11.5 Å². The number of carbonyl (C=O) groups is 1. The van der Waals surface area contributed by atoms with E-state index in [1.165, 1.54) is 6.07 Å². The topological polar surface area (TPSA) is 166 Å². The first-order valence-electron chi connectivity index (χ1n) is 14.1. The van der Waals surface area contributed by atoms with Crippen LogP contribution in [0.4, 0.5) is 17.5 Å². The number of carbonyl (C=O) groups excluding carboxylic acids is 1. The van der Waals surface area contributed by atoms with Crippen LogP contribution >= 0.6 is 11.6 Å². The number of aromatic nitrogens is 4. The summed E-state index contributed by atoms with van der Waals surface area (Å²) in [5.41, 5.74) is 2.43. The van der Waals surface area contributed by atoms with Crippen LogP contribution in [0.1, 0.15) is 47.1 Å². The molecule has 15 heteroatoms. The van der Waals surface area contributed by atoms with Crippen molar-refractivity contribution in [3.05, 3.63) is 80.5 Å². The van der Waals surface area contributed by atoms with E-state index in [1.54, 1.807) is 36.0 Å². The van der Waals surface area contributed by atoms with Gasteiger partial charge in [0.2, 0.25) is 16.0 Å². The van der Waals surface area contributed by atoms with Gasteiger partial charge in [0.15, 0.2) is 5.69 Å². The highest BCUT2D eigenvalue weighted by Crippen LogP contribution is 2.30. The molecule has 1 saturated heterocycles. The number of nitrogens with one attached hydrogen (secondary N) is 2. The molecule has 4 aromatic rings. The van der Waals surface area contributed by atoms with E-state index in [9.17, 15) is 18.0 Å². The summed E-state index contributed by atoms with van der Waals surface area (Å²) in [6.07, 6.45) is 2.43. The zero-order chi connectivity index (χ0) is 32.6. The van der Waals surface area contributed by atoms with Gasteiger partial charge in [-0.05, 0) is 56.7 Å². The number of sulfonamides is 1. The molecule has 2 N–H and O–H groups in total. The van der Waals surface area contributed by atoms with Gasteiger partial charge in [0.05, 0.1) is 34.5 Å². The normalized spacial score (nSPS) is 15.9. The molecule has 0 radical (unpaired) electrons. The van der Waals surface area contributed by atoms with Crippen molar-refractivity contribution in [1.29, 1.82) is 5.26 Å². The maximum atomic E-state index is 13.7. The van der Waals surface area contributed by atoms with Gasteiger partial charge < -0.3 is 15.1 Å². The molecule has 1 aliphatic heterocycles. The number of halogens is 1. The second-order valence-corrected chi connectivity index (χ2v) is 13.3. The first kappa shape index (κ1) is 31.7. The van der Waals surface area contributed by atoms with Crippen LogP contribution < -0.4 is 25.4 Å². The molecule has 13 nitrogen and oxygen atoms in total. The molecule has 0 spiro atoms. The van der Waals surface area contributed by atoms with Crippen molar-refractivity contribution >= 4 is 55.9 Å². The summed E-state index contributed by atoms with van der Waals surface area (Å²) in [5, 5.41) is 12.8. The highest BCUT2D eigenvalue weighted by Gasteiger charge is 2.28.